The van der Waals surface area contributed by atoms with Gasteiger partial charge in [0, 0.05) is 17.9 Å². The van der Waals surface area contributed by atoms with Crippen LogP contribution in [0.5, 0.6) is 0 Å². The van der Waals surface area contributed by atoms with Crippen LogP contribution in [-0.4, -0.2) is 39.9 Å². The Morgan fingerprint density at radius 2 is 1.75 bits per heavy atom. The molecule has 0 aromatic heterocycles. The number of carbonyl (C=O) groups excluding carboxylic acids is 1. The Kier molecular flexibility index (Phi) is 8.00. The summed E-state index contributed by atoms with van der Waals surface area (Å²) in [7, 11) is 0. The average Bonchev–Trinajstić information content (AvgIpc) is 3.07. The minimum Gasteiger partial charge on any atom is -0.396 e. The minimum absolute atomic E-state index is 0.0939. The number of aliphatic hydroxyl groups is 3. The molecular weight excluding hydrogens is 400 g/mol. The summed E-state index contributed by atoms with van der Waals surface area (Å²) >= 11 is 0. The first-order valence-corrected chi connectivity index (χ1v) is 13.2. The molecule has 4 nitrogen and oxygen atoms in total. The van der Waals surface area contributed by atoms with Crippen LogP contribution < -0.4 is 0 Å². The summed E-state index contributed by atoms with van der Waals surface area (Å²) in [5.41, 5.74) is 0.0985. The van der Waals surface area contributed by atoms with Gasteiger partial charge in [-0.25, -0.2) is 0 Å². The van der Waals surface area contributed by atoms with Gasteiger partial charge in [0.2, 0.25) is 0 Å². The van der Waals surface area contributed by atoms with Crippen LogP contribution in [0.2, 0.25) is 0 Å². The van der Waals surface area contributed by atoms with Crippen molar-refractivity contribution in [2.45, 2.75) is 105 Å². The maximum absolute atomic E-state index is 13.9. The van der Waals surface area contributed by atoms with Crippen molar-refractivity contribution < 1.29 is 20.1 Å². The summed E-state index contributed by atoms with van der Waals surface area (Å²) in [5.74, 6) is 2.51. The van der Waals surface area contributed by atoms with Crippen LogP contribution in [0.1, 0.15) is 92.9 Å². The number of allylic oxidation sites excluding steroid dienone is 1. The molecule has 3 aliphatic carbocycles. The first-order valence-electron chi connectivity index (χ1n) is 13.2. The van der Waals surface area contributed by atoms with Crippen LogP contribution in [0.3, 0.4) is 0 Å². The van der Waals surface area contributed by atoms with E-state index in [2.05, 4.69) is 34.6 Å². The third-order valence-electron chi connectivity index (χ3n) is 10.2. The summed E-state index contributed by atoms with van der Waals surface area (Å²) < 4.78 is 0. The van der Waals surface area contributed by atoms with Gasteiger partial charge in [0.25, 0.3) is 0 Å². The van der Waals surface area contributed by atoms with E-state index >= 15 is 0 Å². The first kappa shape index (κ1) is 25.9. The van der Waals surface area contributed by atoms with Gasteiger partial charge < -0.3 is 15.3 Å². The molecule has 0 radical (unpaired) electrons. The van der Waals surface area contributed by atoms with Gasteiger partial charge in [-0.05, 0) is 85.2 Å². The van der Waals surface area contributed by atoms with E-state index in [-0.39, 0.29) is 29.6 Å². The second-order valence-electron chi connectivity index (χ2n) is 12.4. The molecule has 4 heteroatoms. The lowest BCUT2D eigenvalue weighted by Crippen LogP contribution is -2.52. The number of Topliss-reactive ketones (excluding diaryl/α,β-unsaturated/α-hetero) is 1. The molecule has 0 aromatic carbocycles. The normalized spacial score (nSPS) is 42.0. The Morgan fingerprint density at radius 1 is 1.06 bits per heavy atom. The Bertz CT molecular complexity index is 700. The van der Waals surface area contributed by atoms with Gasteiger partial charge in [0.05, 0.1) is 12.2 Å². The smallest absolute Gasteiger partial charge is 0.165 e. The summed E-state index contributed by atoms with van der Waals surface area (Å²) in [5, 5.41) is 31.2. The van der Waals surface area contributed by atoms with Crippen LogP contribution in [0.4, 0.5) is 0 Å². The molecule has 2 fully saturated rings. The Balaban J connectivity index is 1.85. The Labute approximate surface area is 195 Å². The maximum atomic E-state index is 13.9. The second kappa shape index (κ2) is 9.88. The highest BCUT2D eigenvalue weighted by Crippen LogP contribution is 2.59. The Hall–Kier alpha value is -0.710. The number of aliphatic hydroxyl groups excluding tert-OH is 3. The van der Waals surface area contributed by atoms with Crippen LogP contribution in [0.25, 0.3) is 0 Å². The molecule has 0 spiro atoms. The zero-order valence-corrected chi connectivity index (χ0v) is 21.3. The quantitative estimate of drug-likeness (QED) is 0.480. The van der Waals surface area contributed by atoms with E-state index in [4.69, 9.17) is 0 Å². The molecule has 3 N–H and O–H groups in total. The molecule has 0 unspecified atom stereocenters. The molecule has 0 heterocycles. The van der Waals surface area contributed by atoms with E-state index in [1.165, 1.54) is 12.8 Å². The van der Waals surface area contributed by atoms with Crippen molar-refractivity contribution in [2.24, 2.45) is 46.3 Å². The molecule has 2 saturated carbocycles. The van der Waals surface area contributed by atoms with E-state index in [1.807, 2.05) is 13.0 Å². The number of fused-ring (bicyclic) bond motifs is 1. The van der Waals surface area contributed by atoms with E-state index in [1.54, 1.807) is 0 Å². The lowest BCUT2D eigenvalue weighted by Gasteiger charge is -2.49. The zero-order chi connectivity index (χ0) is 23.8. The summed E-state index contributed by atoms with van der Waals surface area (Å²) in [6.07, 6.45) is 7.65. The highest BCUT2D eigenvalue weighted by Gasteiger charge is 2.56. The van der Waals surface area contributed by atoms with Gasteiger partial charge in [0.1, 0.15) is 0 Å². The van der Waals surface area contributed by atoms with E-state index in [0.717, 1.165) is 18.4 Å². The number of hydrogen-bond acceptors (Lipinski definition) is 4. The molecule has 0 aromatic rings. The predicted octanol–water partition coefficient (Wildman–Crippen LogP) is 5.15. The molecule has 9 atom stereocenters. The first-order chi connectivity index (χ1) is 15.0. The molecule has 0 saturated heterocycles. The maximum Gasteiger partial charge on any atom is 0.165 e. The van der Waals surface area contributed by atoms with Gasteiger partial charge in [-0.1, -0.05) is 54.4 Å². The van der Waals surface area contributed by atoms with Crippen LogP contribution in [0.15, 0.2) is 11.6 Å². The van der Waals surface area contributed by atoms with Crippen molar-refractivity contribution in [3.63, 3.8) is 0 Å². The highest BCUT2D eigenvalue weighted by atomic mass is 16.3. The van der Waals surface area contributed by atoms with E-state index in [9.17, 15) is 20.1 Å². The fourth-order valence-electron chi connectivity index (χ4n) is 7.47. The summed E-state index contributed by atoms with van der Waals surface area (Å²) in [6.45, 7) is 13.7. The van der Waals surface area contributed by atoms with E-state index in [0.29, 0.717) is 49.4 Å². The van der Waals surface area contributed by atoms with Crippen molar-refractivity contribution in [1.82, 2.24) is 0 Å². The average molecular weight is 449 g/mol. The van der Waals surface area contributed by atoms with Gasteiger partial charge in [-0.3, -0.25) is 4.79 Å². The topological polar surface area (TPSA) is 77.8 Å². The van der Waals surface area contributed by atoms with Gasteiger partial charge >= 0.3 is 0 Å². The number of ketones is 1. The third-order valence-corrected chi connectivity index (χ3v) is 10.2. The third kappa shape index (κ3) is 4.61. The molecule has 0 amide bonds. The number of rotatable bonds is 8. The lowest BCUT2D eigenvalue weighted by molar-refractivity contribution is -0.138. The second-order valence-corrected chi connectivity index (χ2v) is 12.4. The SMILES string of the molecule is CC(C)[C@@H](C)CC[C@@H](C)[C@H]1CC[C@@H](C2=C[C@H](O)[C@H]3C[C@@H](O)CC[C@]3(C)C2=O)[C@]1(C)CCO. The van der Waals surface area contributed by atoms with E-state index < -0.39 is 17.6 Å². The molecule has 3 aliphatic rings. The van der Waals surface area contributed by atoms with Gasteiger partial charge in [-0.15, -0.1) is 0 Å². The monoisotopic (exact) mass is 448 g/mol. The van der Waals surface area contributed by atoms with Crippen molar-refractivity contribution in [3.8, 4) is 0 Å². The van der Waals surface area contributed by atoms with Crippen molar-refractivity contribution in [1.29, 1.82) is 0 Å². The van der Waals surface area contributed by atoms with Crippen LogP contribution in [-0.2, 0) is 4.79 Å². The largest absolute Gasteiger partial charge is 0.396 e. The van der Waals surface area contributed by atoms with Gasteiger partial charge in [-0.2, -0.15) is 0 Å². The molecule has 32 heavy (non-hydrogen) atoms. The zero-order valence-electron chi connectivity index (χ0n) is 21.3. The Morgan fingerprint density at radius 3 is 2.38 bits per heavy atom. The van der Waals surface area contributed by atoms with Crippen LogP contribution in [0, 0.1) is 46.3 Å². The molecule has 0 bridgehead atoms. The number of hydrogen-bond donors (Lipinski definition) is 3. The van der Waals surface area contributed by atoms with Gasteiger partial charge in [0.15, 0.2) is 5.78 Å². The minimum atomic E-state index is -0.676. The molecule has 184 valence electrons. The van der Waals surface area contributed by atoms with Crippen molar-refractivity contribution >= 4 is 5.78 Å². The standard InChI is InChI=1S/C28H48O4/c1-17(2)18(3)7-8-19(4)22-9-10-23(27(22,5)13-14-29)21-16-25(31)24-15-20(30)11-12-28(24,6)26(21)32/h16-20,22-25,29-31H,7-15H2,1-6H3/t18-,19+,20-,22+,23-,24+,25-,27+,28-/m0/s1. The van der Waals surface area contributed by atoms with Crippen molar-refractivity contribution in [3.05, 3.63) is 11.6 Å². The summed E-state index contributed by atoms with van der Waals surface area (Å²) in [6, 6.07) is 0. The fraction of sp³-hybridized carbons (Fsp3) is 0.893. The fourth-order valence-corrected chi connectivity index (χ4v) is 7.47. The molecular formula is C28H48O4. The number of carbonyl (C=O) groups is 1. The van der Waals surface area contributed by atoms with Crippen LogP contribution >= 0.6 is 0 Å². The highest BCUT2D eigenvalue weighted by molar-refractivity contribution is 6.01. The molecule has 3 rings (SSSR count). The predicted molar refractivity (Wildman–Crippen MR) is 129 cm³/mol. The van der Waals surface area contributed by atoms with Crippen molar-refractivity contribution in [2.75, 3.05) is 6.61 Å². The molecule has 0 aliphatic heterocycles. The summed E-state index contributed by atoms with van der Waals surface area (Å²) in [4.78, 5) is 13.9. The lowest BCUT2D eigenvalue weighted by atomic mass is 9.55.